The van der Waals surface area contributed by atoms with Crippen LogP contribution in [0.5, 0.6) is 11.5 Å². The van der Waals surface area contributed by atoms with Crippen molar-refractivity contribution in [3.8, 4) is 11.5 Å². The molecule has 3 aromatic rings. The molecule has 1 aromatic heterocycles. The summed E-state index contributed by atoms with van der Waals surface area (Å²) in [6.07, 6.45) is 5.00. The zero-order valence-electron chi connectivity index (χ0n) is 20.6. The number of hydrogen-bond acceptors (Lipinski definition) is 5. The highest BCUT2D eigenvalue weighted by molar-refractivity contribution is 5.95. The standard InChI is InChI=1S/C28H34N2O5/c1-4-5-9-16-34-24-15-14-22(19-26(24)33-3)20(2)29-27(31)23(18-21-11-7-6-8-12-21)30-28(32)25-13-10-17-35-25/h6-8,10-15,17,19-20,23H,4-5,9,16,18H2,1-3H3,(H,29,31)(H,30,32). The molecule has 2 aromatic carbocycles. The zero-order chi connectivity index (χ0) is 25.0. The first kappa shape index (κ1) is 25.9. The summed E-state index contributed by atoms with van der Waals surface area (Å²) in [6.45, 7) is 4.67. The van der Waals surface area contributed by atoms with Gasteiger partial charge in [0, 0.05) is 6.42 Å². The molecule has 0 bridgehead atoms. The minimum Gasteiger partial charge on any atom is -0.493 e. The summed E-state index contributed by atoms with van der Waals surface area (Å²) in [4.78, 5) is 25.8. The van der Waals surface area contributed by atoms with Crippen LogP contribution in [0.4, 0.5) is 0 Å². The third-order valence-electron chi connectivity index (χ3n) is 5.70. The second kappa shape index (κ2) is 13.2. The summed E-state index contributed by atoms with van der Waals surface area (Å²) in [6, 6.07) is 17.3. The molecule has 2 amide bonds. The summed E-state index contributed by atoms with van der Waals surface area (Å²) in [5, 5.41) is 5.82. The topological polar surface area (TPSA) is 89.8 Å². The maximum Gasteiger partial charge on any atom is 0.287 e. The highest BCUT2D eigenvalue weighted by Crippen LogP contribution is 2.30. The van der Waals surface area contributed by atoms with E-state index in [4.69, 9.17) is 13.9 Å². The van der Waals surface area contributed by atoms with Gasteiger partial charge in [0.15, 0.2) is 17.3 Å². The Balaban J connectivity index is 1.70. The summed E-state index contributed by atoms with van der Waals surface area (Å²) < 4.78 is 16.6. The third kappa shape index (κ3) is 7.64. The Morgan fingerprint density at radius 1 is 0.971 bits per heavy atom. The molecule has 7 heteroatoms. The van der Waals surface area contributed by atoms with Crippen LogP contribution in [0, 0.1) is 0 Å². The molecule has 0 fully saturated rings. The number of nitrogens with one attached hydrogen (secondary N) is 2. The summed E-state index contributed by atoms with van der Waals surface area (Å²) in [7, 11) is 1.60. The molecule has 1 heterocycles. The number of methoxy groups -OCH3 is 1. The quantitative estimate of drug-likeness (QED) is 0.335. The SMILES string of the molecule is CCCCCOc1ccc(C(C)NC(=O)C(Cc2ccccc2)NC(=O)c2ccco2)cc1OC. The van der Waals surface area contributed by atoms with E-state index in [1.54, 1.807) is 19.2 Å². The molecule has 186 valence electrons. The van der Waals surface area contributed by atoms with Gasteiger partial charge >= 0.3 is 0 Å². The summed E-state index contributed by atoms with van der Waals surface area (Å²) in [5.74, 6) is 0.721. The van der Waals surface area contributed by atoms with Crippen LogP contribution < -0.4 is 20.1 Å². The molecule has 2 atom stereocenters. The van der Waals surface area contributed by atoms with Gasteiger partial charge in [-0.3, -0.25) is 9.59 Å². The Labute approximate surface area is 206 Å². The van der Waals surface area contributed by atoms with Gasteiger partial charge in [0.25, 0.3) is 5.91 Å². The van der Waals surface area contributed by atoms with E-state index in [1.165, 1.54) is 6.26 Å². The number of rotatable bonds is 13. The second-order valence-electron chi connectivity index (χ2n) is 8.39. The van der Waals surface area contributed by atoms with Crippen molar-refractivity contribution >= 4 is 11.8 Å². The maximum atomic E-state index is 13.2. The monoisotopic (exact) mass is 478 g/mol. The Bertz CT molecular complexity index is 1070. The van der Waals surface area contributed by atoms with Crippen molar-refractivity contribution < 1.29 is 23.5 Å². The van der Waals surface area contributed by atoms with Gasteiger partial charge in [-0.2, -0.15) is 0 Å². The van der Waals surface area contributed by atoms with Crippen LogP contribution in [0.3, 0.4) is 0 Å². The normalized spacial score (nSPS) is 12.4. The smallest absolute Gasteiger partial charge is 0.287 e. The van der Waals surface area contributed by atoms with E-state index in [0.29, 0.717) is 24.5 Å². The molecule has 0 saturated carbocycles. The van der Waals surface area contributed by atoms with E-state index in [-0.39, 0.29) is 17.7 Å². The minimum atomic E-state index is -0.777. The van der Waals surface area contributed by atoms with E-state index in [1.807, 2.05) is 55.5 Å². The Kier molecular flexibility index (Phi) is 9.78. The van der Waals surface area contributed by atoms with Crippen molar-refractivity contribution in [3.05, 3.63) is 83.8 Å². The number of carbonyl (C=O) groups is 2. The fraction of sp³-hybridized carbons (Fsp3) is 0.357. The van der Waals surface area contributed by atoms with Crippen LogP contribution in [-0.4, -0.2) is 31.6 Å². The van der Waals surface area contributed by atoms with Gasteiger partial charge in [0.1, 0.15) is 6.04 Å². The first-order chi connectivity index (χ1) is 17.0. The molecule has 2 unspecified atom stereocenters. The average molecular weight is 479 g/mol. The molecule has 0 spiro atoms. The van der Waals surface area contributed by atoms with Crippen molar-refractivity contribution in [3.63, 3.8) is 0 Å². The lowest BCUT2D eigenvalue weighted by atomic mass is 10.0. The lowest BCUT2D eigenvalue weighted by molar-refractivity contribution is -0.123. The molecule has 0 aliphatic carbocycles. The molecule has 0 radical (unpaired) electrons. The molecule has 7 nitrogen and oxygen atoms in total. The van der Waals surface area contributed by atoms with E-state index in [0.717, 1.165) is 30.4 Å². The number of hydrogen-bond donors (Lipinski definition) is 2. The minimum absolute atomic E-state index is 0.156. The van der Waals surface area contributed by atoms with Gasteiger partial charge in [0.2, 0.25) is 5.91 Å². The van der Waals surface area contributed by atoms with Gasteiger partial charge in [0.05, 0.1) is 26.0 Å². The van der Waals surface area contributed by atoms with Crippen LogP contribution in [0.1, 0.15) is 60.8 Å². The van der Waals surface area contributed by atoms with Crippen molar-refractivity contribution in [2.75, 3.05) is 13.7 Å². The van der Waals surface area contributed by atoms with Crippen LogP contribution >= 0.6 is 0 Å². The number of benzene rings is 2. The first-order valence-corrected chi connectivity index (χ1v) is 12.0. The van der Waals surface area contributed by atoms with Crippen LogP contribution in [0.25, 0.3) is 0 Å². The molecule has 0 aliphatic heterocycles. The Morgan fingerprint density at radius 2 is 1.77 bits per heavy atom. The Morgan fingerprint density at radius 3 is 2.46 bits per heavy atom. The predicted molar refractivity (Wildman–Crippen MR) is 135 cm³/mol. The van der Waals surface area contributed by atoms with E-state index in [9.17, 15) is 9.59 Å². The molecular formula is C28H34N2O5. The molecule has 0 aliphatic rings. The number of ether oxygens (including phenoxy) is 2. The predicted octanol–water partition coefficient (Wildman–Crippen LogP) is 5.08. The lowest BCUT2D eigenvalue weighted by Gasteiger charge is -2.22. The molecule has 2 N–H and O–H groups in total. The molecular weight excluding hydrogens is 444 g/mol. The van der Waals surface area contributed by atoms with Gasteiger partial charge in [-0.1, -0.05) is 56.2 Å². The maximum absolute atomic E-state index is 13.2. The summed E-state index contributed by atoms with van der Waals surface area (Å²) in [5.41, 5.74) is 1.80. The number of carbonyl (C=O) groups excluding carboxylic acids is 2. The summed E-state index contributed by atoms with van der Waals surface area (Å²) >= 11 is 0. The number of unbranched alkanes of at least 4 members (excludes halogenated alkanes) is 2. The van der Waals surface area contributed by atoms with Gasteiger partial charge in [-0.25, -0.2) is 0 Å². The van der Waals surface area contributed by atoms with Gasteiger partial charge < -0.3 is 24.5 Å². The van der Waals surface area contributed by atoms with Crippen molar-refractivity contribution in [2.45, 2.75) is 51.6 Å². The lowest BCUT2D eigenvalue weighted by Crippen LogP contribution is -2.48. The Hall–Kier alpha value is -3.74. The van der Waals surface area contributed by atoms with Crippen molar-refractivity contribution in [1.29, 1.82) is 0 Å². The van der Waals surface area contributed by atoms with E-state index < -0.39 is 11.9 Å². The molecule has 0 saturated heterocycles. The van der Waals surface area contributed by atoms with Crippen molar-refractivity contribution in [2.24, 2.45) is 0 Å². The molecule has 35 heavy (non-hydrogen) atoms. The fourth-order valence-corrected chi connectivity index (χ4v) is 3.70. The highest BCUT2D eigenvalue weighted by Gasteiger charge is 2.25. The first-order valence-electron chi connectivity index (χ1n) is 12.0. The van der Waals surface area contributed by atoms with E-state index in [2.05, 4.69) is 17.6 Å². The largest absolute Gasteiger partial charge is 0.493 e. The average Bonchev–Trinajstić information content (AvgIpc) is 3.42. The van der Waals surface area contributed by atoms with Gasteiger partial charge in [-0.15, -0.1) is 0 Å². The fourth-order valence-electron chi connectivity index (χ4n) is 3.70. The van der Waals surface area contributed by atoms with Gasteiger partial charge in [-0.05, 0) is 48.7 Å². The van der Waals surface area contributed by atoms with E-state index >= 15 is 0 Å². The zero-order valence-corrected chi connectivity index (χ0v) is 20.6. The number of amides is 2. The molecule has 3 rings (SSSR count). The van der Waals surface area contributed by atoms with Crippen LogP contribution in [-0.2, 0) is 11.2 Å². The van der Waals surface area contributed by atoms with Crippen molar-refractivity contribution in [1.82, 2.24) is 10.6 Å². The highest BCUT2D eigenvalue weighted by atomic mass is 16.5. The van der Waals surface area contributed by atoms with Crippen LogP contribution in [0.2, 0.25) is 0 Å². The van der Waals surface area contributed by atoms with Crippen LogP contribution in [0.15, 0.2) is 71.3 Å². The number of furan rings is 1. The third-order valence-corrected chi connectivity index (χ3v) is 5.70. The second-order valence-corrected chi connectivity index (χ2v) is 8.39.